The highest BCUT2D eigenvalue weighted by Crippen LogP contribution is 2.53. The second-order valence-corrected chi connectivity index (χ2v) is 8.80. The molecule has 11 nitrogen and oxygen atoms in total. The second-order valence-electron chi connectivity index (χ2n) is 8.80. The SMILES string of the molecule is COC(=O)O[C@@]12C(=O)C(C(N)=O)=C(O)[C@@H](N(C)C)[C@@H]1C[C@@H]1Cc3cccc(O)c3C(=O)C1=C2O. The van der Waals surface area contributed by atoms with Crippen molar-refractivity contribution in [3.05, 3.63) is 52.0 Å². The fraction of sp³-hybridized carbons (Fsp3) is 0.391. The largest absolute Gasteiger partial charge is 0.510 e. The number of likely N-dealkylation sites (N-methyl/N-ethyl adjacent to an activating group) is 1. The number of carbonyl (C=O) groups excluding carboxylic acids is 4. The lowest BCUT2D eigenvalue weighted by Crippen LogP contribution is -2.65. The molecule has 34 heavy (non-hydrogen) atoms. The van der Waals surface area contributed by atoms with E-state index in [1.165, 1.54) is 11.0 Å². The van der Waals surface area contributed by atoms with Gasteiger partial charge in [-0.05, 0) is 44.5 Å². The fourth-order valence-corrected chi connectivity index (χ4v) is 5.51. The summed E-state index contributed by atoms with van der Waals surface area (Å²) in [6.07, 6.45) is -1.10. The van der Waals surface area contributed by atoms with Crippen LogP contribution in [0.25, 0.3) is 0 Å². The standard InChI is InChI=1S/C23H24N2O9/c1-25(2)16-11-8-10-7-9-5-4-6-12(26)13(9)17(27)14(10)19(29)23(11,34-22(32)33-3)20(30)15(18(16)28)21(24)31/h4-6,10-11,16,26,28-29H,7-8H2,1-3H3,(H2,24,31)/t10-,11-,16-,23-/m0/s1. The summed E-state index contributed by atoms with van der Waals surface area (Å²) in [5.74, 6) is -6.81. The third-order valence-electron chi connectivity index (χ3n) is 6.84. The Morgan fingerprint density at radius 3 is 2.44 bits per heavy atom. The summed E-state index contributed by atoms with van der Waals surface area (Å²) in [5.41, 5.74) is 2.27. The highest BCUT2D eigenvalue weighted by atomic mass is 16.7. The van der Waals surface area contributed by atoms with Gasteiger partial charge in [-0.15, -0.1) is 0 Å². The van der Waals surface area contributed by atoms with E-state index in [1.54, 1.807) is 26.2 Å². The summed E-state index contributed by atoms with van der Waals surface area (Å²) in [6.45, 7) is 0. The first-order chi connectivity index (χ1) is 16.0. The van der Waals surface area contributed by atoms with Gasteiger partial charge in [-0.25, -0.2) is 4.79 Å². The Kier molecular flexibility index (Phi) is 5.40. The van der Waals surface area contributed by atoms with E-state index >= 15 is 0 Å². The quantitative estimate of drug-likeness (QED) is 0.365. The molecule has 0 saturated heterocycles. The minimum absolute atomic E-state index is 0.0158. The maximum absolute atomic E-state index is 13.6. The summed E-state index contributed by atoms with van der Waals surface area (Å²) in [6, 6.07) is 3.50. The number of ether oxygens (including phenoxy) is 2. The van der Waals surface area contributed by atoms with Gasteiger partial charge in [0, 0.05) is 11.5 Å². The molecule has 1 amide bonds. The summed E-state index contributed by atoms with van der Waals surface area (Å²) in [4.78, 5) is 53.0. The molecule has 0 aliphatic heterocycles. The van der Waals surface area contributed by atoms with Crippen LogP contribution < -0.4 is 5.73 Å². The maximum atomic E-state index is 13.6. The van der Waals surface area contributed by atoms with Crippen LogP contribution in [0.2, 0.25) is 0 Å². The van der Waals surface area contributed by atoms with E-state index in [-0.39, 0.29) is 29.7 Å². The molecule has 0 fully saturated rings. The molecule has 3 aliphatic carbocycles. The van der Waals surface area contributed by atoms with Crippen LogP contribution in [0, 0.1) is 11.8 Å². The molecule has 0 heterocycles. The molecule has 180 valence electrons. The van der Waals surface area contributed by atoms with Crippen LogP contribution >= 0.6 is 0 Å². The number of Topliss-reactive ketones (excluding diaryl/α,β-unsaturated/α-hetero) is 2. The number of ketones is 2. The molecule has 3 aliphatic rings. The van der Waals surface area contributed by atoms with Crippen molar-refractivity contribution in [1.82, 2.24) is 4.90 Å². The lowest BCUT2D eigenvalue weighted by molar-refractivity contribution is -0.152. The number of hydrogen-bond donors (Lipinski definition) is 4. The van der Waals surface area contributed by atoms with Crippen LogP contribution in [0.1, 0.15) is 22.3 Å². The Labute approximate surface area is 194 Å². The molecule has 4 atom stereocenters. The number of aliphatic hydroxyl groups excluding tert-OH is 2. The number of benzene rings is 1. The zero-order valence-electron chi connectivity index (χ0n) is 18.7. The highest BCUT2D eigenvalue weighted by molar-refractivity contribution is 6.25. The lowest BCUT2D eigenvalue weighted by atomic mass is 9.58. The maximum Gasteiger partial charge on any atom is 0.509 e. The first-order valence-corrected chi connectivity index (χ1v) is 10.5. The summed E-state index contributed by atoms with van der Waals surface area (Å²) >= 11 is 0. The van der Waals surface area contributed by atoms with E-state index < -0.39 is 64.2 Å². The van der Waals surface area contributed by atoms with Gasteiger partial charge in [0.1, 0.15) is 17.1 Å². The van der Waals surface area contributed by atoms with Gasteiger partial charge in [-0.2, -0.15) is 0 Å². The zero-order valence-corrected chi connectivity index (χ0v) is 18.7. The number of fused-ring (bicyclic) bond motifs is 3. The van der Waals surface area contributed by atoms with Gasteiger partial charge in [0.05, 0.1) is 18.7 Å². The molecule has 0 spiro atoms. The van der Waals surface area contributed by atoms with Crippen molar-refractivity contribution < 1.29 is 44.0 Å². The van der Waals surface area contributed by atoms with Crippen molar-refractivity contribution in [2.75, 3.05) is 21.2 Å². The molecule has 5 N–H and O–H groups in total. The first kappa shape index (κ1) is 23.3. The van der Waals surface area contributed by atoms with E-state index in [2.05, 4.69) is 4.74 Å². The third-order valence-corrected chi connectivity index (χ3v) is 6.84. The van der Waals surface area contributed by atoms with E-state index in [4.69, 9.17) is 10.5 Å². The Morgan fingerprint density at radius 1 is 1.18 bits per heavy atom. The molecule has 0 bridgehead atoms. The summed E-state index contributed by atoms with van der Waals surface area (Å²) in [7, 11) is 4.12. The normalized spacial score (nSPS) is 28.3. The van der Waals surface area contributed by atoms with Gasteiger partial charge in [0.25, 0.3) is 5.91 Å². The predicted octanol–water partition coefficient (Wildman–Crippen LogP) is 0.911. The van der Waals surface area contributed by atoms with E-state index in [1.807, 2.05) is 0 Å². The predicted molar refractivity (Wildman–Crippen MR) is 115 cm³/mol. The Balaban J connectivity index is 2.04. The van der Waals surface area contributed by atoms with Crippen LogP contribution in [0.4, 0.5) is 4.79 Å². The number of nitrogens with two attached hydrogens (primary N) is 1. The van der Waals surface area contributed by atoms with Crippen molar-refractivity contribution in [3.63, 3.8) is 0 Å². The molecule has 0 saturated carbocycles. The zero-order chi connectivity index (χ0) is 25.1. The number of rotatable bonds is 3. The highest BCUT2D eigenvalue weighted by Gasteiger charge is 2.66. The van der Waals surface area contributed by atoms with Crippen molar-refractivity contribution in [3.8, 4) is 5.75 Å². The number of allylic oxidation sites excluding steroid dienone is 1. The average Bonchev–Trinajstić information content (AvgIpc) is 2.74. The van der Waals surface area contributed by atoms with Gasteiger partial charge < -0.3 is 30.5 Å². The van der Waals surface area contributed by atoms with Crippen molar-refractivity contribution in [1.29, 1.82) is 0 Å². The number of carbonyl (C=O) groups is 4. The molecule has 0 aromatic heterocycles. The van der Waals surface area contributed by atoms with E-state index in [0.717, 1.165) is 7.11 Å². The molecular formula is C23H24N2O9. The lowest BCUT2D eigenvalue weighted by Gasteiger charge is -2.51. The van der Waals surface area contributed by atoms with Crippen LogP contribution in [0.15, 0.2) is 40.9 Å². The monoisotopic (exact) mass is 472 g/mol. The number of amides is 1. The van der Waals surface area contributed by atoms with Crippen molar-refractivity contribution >= 4 is 23.6 Å². The van der Waals surface area contributed by atoms with E-state index in [0.29, 0.717) is 5.56 Å². The molecular weight excluding hydrogens is 448 g/mol. The fourth-order valence-electron chi connectivity index (χ4n) is 5.51. The third kappa shape index (κ3) is 3.00. The van der Waals surface area contributed by atoms with Gasteiger partial charge in [-0.1, -0.05) is 12.1 Å². The van der Waals surface area contributed by atoms with Gasteiger partial charge in [0.15, 0.2) is 11.5 Å². The summed E-state index contributed by atoms with van der Waals surface area (Å²) in [5, 5.41) is 32.6. The molecule has 0 radical (unpaired) electrons. The Morgan fingerprint density at radius 2 is 1.85 bits per heavy atom. The Bertz CT molecular complexity index is 1200. The molecule has 0 unspecified atom stereocenters. The van der Waals surface area contributed by atoms with Crippen molar-refractivity contribution in [2.45, 2.75) is 24.5 Å². The number of phenolic OH excluding ortho intramolecular Hbond substituents is 1. The molecule has 1 aromatic carbocycles. The number of primary amides is 1. The molecule has 11 heteroatoms. The van der Waals surface area contributed by atoms with Crippen LogP contribution in [-0.4, -0.2) is 76.7 Å². The number of aliphatic hydroxyl groups is 2. The average molecular weight is 472 g/mol. The van der Waals surface area contributed by atoms with Crippen LogP contribution in [-0.2, 0) is 25.5 Å². The minimum atomic E-state index is -2.55. The van der Waals surface area contributed by atoms with Crippen LogP contribution in [0.3, 0.4) is 0 Å². The first-order valence-electron chi connectivity index (χ1n) is 10.5. The Hall–Kier alpha value is -3.86. The number of aromatic hydroxyl groups is 1. The van der Waals surface area contributed by atoms with E-state index in [9.17, 15) is 34.5 Å². The van der Waals surface area contributed by atoms with Gasteiger partial charge in [0.2, 0.25) is 11.4 Å². The smallest absolute Gasteiger partial charge is 0.509 e. The number of phenols is 1. The molecule has 4 rings (SSSR count). The number of nitrogens with zero attached hydrogens (tertiary/aromatic N) is 1. The number of methoxy groups -OCH3 is 1. The molecule has 1 aromatic rings. The number of hydrogen-bond acceptors (Lipinski definition) is 10. The second kappa shape index (κ2) is 7.87. The minimum Gasteiger partial charge on any atom is -0.510 e. The summed E-state index contributed by atoms with van der Waals surface area (Å²) < 4.78 is 9.94. The van der Waals surface area contributed by atoms with Gasteiger partial charge in [-0.3, -0.25) is 19.3 Å². The van der Waals surface area contributed by atoms with Crippen molar-refractivity contribution in [2.24, 2.45) is 17.6 Å². The van der Waals surface area contributed by atoms with Crippen LogP contribution in [0.5, 0.6) is 5.75 Å². The van der Waals surface area contributed by atoms with Gasteiger partial charge >= 0.3 is 6.16 Å². The topological polar surface area (TPSA) is 177 Å².